The molecule has 2 aromatic heterocycles. The van der Waals surface area contributed by atoms with E-state index in [0.717, 1.165) is 4.80 Å². The minimum Gasteiger partial charge on any atom is -0.495 e. The summed E-state index contributed by atoms with van der Waals surface area (Å²) in [6.45, 7) is 6.95. The van der Waals surface area contributed by atoms with Gasteiger partial charge in [0.25, 0.3) is 5.91 Å². The van der Waals surface area contributed by atoms with Crippen LogP contribution < -0.4 is 15.0 Å². The highest BCUT2D eigenvalue weighted by Crippen LogP contribution is 2.35. The molecule has 38 heavy (non-hydrogen) atoms. The second-order valence-electron chi connectivity index (χ2n) is 9.68. The molecule has 0 spiro atoms. The predicted molar refractivity (Wildman–Crippen MR) is 138 cm³/mol. The summed E-state index contributed by atoms with van der Waals surface area (Å²) in [5.41, 5.74) is 0.153. The molecule has 2 aromatic carbocycles. The molecule has 0 radical (unpaired) electrons. The third-order valence-corrected chi connectivity index (χ3v) is 5.49. The molecule has 0 aliphatic rings. The number of hydrogen-bond donors (Lipinski definition) is 1. The number of benzene rings is 2. The van der Waals surface area contributed by atoms with E-state index in [-0.39, 0.29) is 12.4 Å². The van der Waals surface area contributed by atoms with Crippen molar-refractivity contribution in [3.05, 3.63) is 77.8 Å². The van der Waals surface area contributed by atoms with Gasteiger partial charge in [0, 0.05) is 5.54 Å². The normalized spacial score (nSPS) is 12.2. The zero-order chi connectivity index (χ0) is 27.4. The van der Waals surface area contributed by atoms with E-state index in [2.05, 4.69) is 20.7 Å². The first-order valence-corrected chi connectivity index (χ1v) is 11.9. The summed E-state index contributed by atoms with van der Waals surface area (Å²) >= 11 is 0. The smallest absolute Gasteiger partial charge is 0.251 e. The molecule has 2 amide bonds. The minimum atomic E-state index is -1.16. The van der Waals surface area contributed by atoms with Gasteiger partial charge >= 0.3 is 0 Å². The number of halogens is 1. The monoisotopic (exact) mass is 520 g/mol. The second kappa shape index (κ2) is 10.8. The summed E-state index contributed by atoms with van der Waals surface area (Å²) < 4.78 is 24.9. The van der Waals surface area contributed by atoms with Gasteiger partial charge in [0.1, 0.15) is 29.9 Å². The van der Waals surface area contributed by atoms with Crippen LogP contribution in [0.1, 0.15) is 38.1 Å². The number of furan rings is 1. The van der Waals surface area contributed by atoms with Crippen LogP contribution in [0.5, 0.6) is 5.75 Å². The third-order valence-electron chi connectivity index (χ3n) is 5.49. The number of anilines is 1. The number of methoxy groups -OCH3 is 1. The van der Waals surface area contributed by atoms with Gasteiger partial charge in [0.2, 0.25) is 11.7 Å². The van der Waals surface area contributed by atoms with Crippen molar-refractivity contribution in [1.82, 2.24) is 25.5 Å². The van der Waals surface area contributed by atoms with E-state index >= 15 is 0 Å². The molecule has 0 saturated heterocycles. The number of hydrogen-bond acceptors (Lipinski definition) is 7. The number of nitrogens with one attached hydrogen (secondary N) is 1. The number of nitrogens with zero attached hydrogens (tertiary/aromatic N) is 5. The Balaban J connectivity index is 1.78. The first-order chi connectivity index (χ1) is 18.1. The molecule has 1 N–H and O–H groups in total. The van der Waals surface area contributed by atoms with Crippen molar-refractivity contribution < 1.29 is 23.1 Å². The summed E-state index contributed by atoms with van der Waals surface area (Å²) in [7, 11) is 1.47. The second-order valence-corrected chi connectivity index (χ2v) is 9.68. The number of para-hydroxylation sites is 2. The summed E-state index contributed by atoms with van der Waals surface area (Å²) in [4.78, 5) is 30.1. The van der Waals surface area contributed by atoms with E-state index in [1.54, 1.807) is 43.3 Å². The molecule has 1 atom stereocenters. The maximum Gasteiger partial charge on any atom is 0.251 e. The van der Waals surface area contributed by atoms with Crippen LogP contribution in [-0.2, 0) is 16.1 Å². The quantitative estimate of drug-likeness (QED) is 0.372. The van der Waals surface area contributed by atoms with E-state index in [1.165, 1.54) is 36.3 Å². The molecule has 0 aliphatic carbocycles. The molecule has 4 aromatic rings. The van der Waals surface area contributed by atoms with Gasteiger partial charge in [-0.3, -0.25) is 14.5 Å². The molecule has 11 heteroatoms. The molecule has 0 aliphatic heterocycles. The Kier molecular flexibility index (Phi) is 7.56. The number of amides is 2. The first kappa shape index (κ1) is 26.5. The molecular weight excluding hydrogens is 491 g/mol. The minimum absolute atomic E-state index is 0.218. The maximum absolute atomic E-state index is 13.9. The van der Waals surface area contributed by atoms with Crippen molar-refractivity contribution >= 4 is 17.5 Å². The summed E-state index contributed by atoms with van der Waals surface area (Å²) in [5, 5.41) is 15.2. The predicted octanol–water partition coefficient (Wildman–Crippen LogP) is 4.08. The Hall–Kier alpha value is -4.54. The number of tetrazole rings is 1. The lowest BCUT2D eigenvalue weighted by Gasteiger charge is -2.34. The number of rotatable bonds is 8. The molecular formula is C27H29FN6O4. The average Bonchev–Trinajstić information content (AvgIpc) is 3.51. The summed E-state index contributed by atoms with van der Waals surface area (Å²) in [5.74, 6) is 0.240. The molecule has 10 nitrogen and oxygen atoms in total. The maximum atomic E-state index is 13.9. The zero-order valence-electron chi connectivity index (χ0n) is 21.8. The Morgan fingerprint density at radius 2 is 1.82 bits per heavy atom. The fourth-order valence-electron chi connectivity index (χ4n) is 3.91. The van der Waals surface area contributed by atoms with Crippen LogP contribution >= 0.6 is 0 Å². The SMILES string of the molecule is COc1ccccc1N(C(=O)Cn1nnc(-c2ccc(C)o2)n1)[C@@H](C(=O)NC(C)(C)C)c1ccc(F)cc1. The standard InChI is InChI=1S/C27H29FN6O4/c1-17-10-15-22(38-17)25-30-32-33(31-25)16-23(35)34(20-8-6-7-9-21(20)37-5)24(26(36)29-27(2,3)4)18-11-13-19(28)14-12-18/h6-15,24H,16H2,1-5H3,(H,29,36)/t24-/m1/s1. The van der Waals surface area contributed by atoms with E-state index in [0.29, 0.717) is 28.5 Å². The van der Waals surface area contributed by atoms with Crippen molar-refractivity contribution in [2.45, 2.75) is 45.8 Å². The van der Waals surface area contributed by atoms with E-state index < -0.39 is 29.2 Å². The first-order valence-electron chi connectivity index (χ1n) is 11.9. The Bertz CT molecular complexity index is 1420. The van der Waals surface area contributed by atoms with Crippen LogP contribution in [-0.4, -0.2) is 44.7 Å². The van der Waals surface area contributed by atoms with Crippen LogP contribution in [0.3, 0.4) is 0 Å². The molecule has 2 heterocycles. The molecule has 0 bridgehead atoms. The molecule has 198 valence electrons. The summed E-state index contributed by atoms with van der Waals surface area (Å²) in [6, 6.07) is 14.6. The van der Waals surface area contributed by atoms with Crippen LogP contribution in [0, 0.1) is 12.7 Å². The van der Waals surface area contributed by atoms with Gasteiger partial charge in [-0.1, -0.05) is 24.3 Å². The van der Waals surface area contributed by atoms with Crippen molar-refractivity contribution in [2.24, 2.45) is 0 Å². The van der Waals surface area contributed by atoms with Crippen LogP contribution in [0.25, 0.3) is 11.6 Å². The molecule has 0 fully saturated rings. The van der Waals surface area contributed by atoms with Crippen LogP contribution in [0.2, 0.25) is 0 Å². The van der Waals surface area contributed by atoms with E-state index in [1.807, 2.05) is 20.8 Å². The highest BCUT2D eigenvalue weighted by atomic mass is 19.1. The molecule has 0 unspecified atom stereocenters. The highest BCUT2D eigenvalue weighted by Gasteiger charge is 2.36. The number of aryl methyl sites for hydroxylation is 1. The van der Waals surface area contributed by atoms with Gasteiger partial charge < -0.3 is 14.5 Å². The van der Waals surface area contributed by atoms with E-state index in [4.69, 9.17) is 9.15 Å². The average molecular weight is 521 g/mol. The zero-order valence-corrected chi connectivity index (χ0v) is 21.8. The number of carbonyl (C=O) groups is 2. The van der Waals surface area contributed by atoms with Crippen molar-refractivity contribution in [3.8, 4) is 17.3 Å². The number of ether oxygens (including phenoxy) is 1. The summed E-state index contributed by atoms with van der Waals surface area (Å²) in [6.07, 6.45) is 0. The highest BCUT2D eigenvalue weighted by molar-refractivity contribution is 6.02. The fraction of sp³-hybridized carbons (Fsp3) is 0.296. The number of carbonyl (C=O) groups excluding carboxylic acids is 2. The largest absolute Gasteiger partial charge is 0.495 e. The van der Waals surface area contributed by atoms with Gasteiger partial charge in [-0.2, -0.15) is 4.80 Å². The Morgan fingerprint density at radius 1 is 1.11 bits per heavy atom. The van der Waals surface area contributed by atoms with Crippen LogP contribution in [0.4, 0.5) is 10.1 Å². The van der Waals surface area contributed by atoms with Crippen molar-refractivity contribution in [1.29, 1.82) is 0 Å². The van der Waals surface area contributed by atoms with Crippen molar-refractivity contribution in [3.63, 3.8) is 0 Å². The fourth-order valence-corrected chi connectivity index (χ4v) is 3.91. The van der Waals surface area contributed by atoms with Gasteiger partial charge in [0.15, 0.2) is 5.76 Å². The van der Waals surface area contributed by atoms with Gasteiger partial charge in [-0.25, -0.2) is 4.39 Å². The lowest BCUT2D eigenvalue weighted by Crippen LogP contribution is -2.50. The topological polar surface area (TPSA) is 115 Å². The number of aromatic nitrogens is 4. The van der Waals surface area contributed by atoms with E-state index in [9.17, 15) is 14.0 Å². The van der Waals surface area contributed by atoms with Gasteiger partial charge in [-0.05, 0) is 74.9 Å². The molecule has 4 rings (SSSR count). The Labute approximate surface area is 219 Å². The molecule has 0 saturated carbocycles. The van der Waals surface area contributed by atoms with Gasteiger partial charge in [0.05, 0.1) is 12.8 Å². The van der Waals surface area contributed by atoms with Crippen molar-refractivity contribution in [2.75, 3.05) is 12.0 Å². The lowest BCUT2D eigenvalue weighted by molar-refractivity contribution is -0.128. The lowest BCUT2D eigenvalue weighted by atomic mass is 10.0. The Morgan fingerprint density at radius 3 is 2.45 bits per heavy atom. The van der Waals surface area contributed by atoms with Crippen LogP contribution in [0.15, 0.2) is 65.1 Å². The third kappa shape index (κ3) is 6.05. The van der Waals surface area contributed by atoms with Gasteiger partial charge in [-0.15, -0.1) is 10.2 Å².